The molecular formula is C20H28N4O2. The van der Waals surface area contributed by atoms with Crippen LogP contribution in [0, 0.1) is 17.2 Å². The minimum Gasteiger partial charge on any atom is -0.375 e. The maximum atomic E-state index is 12.5. The summed E-state index contributed by atoms with van der Waals surface area (Å²) in [6.07, 6.45) is 8.38. The first-order valence-electron chi connectivity index (χ1n) is 9.63. The Bertz CT molecular complexity index is 649. The molecule has 0 aliphatic carbocycles. The van der Waals surface area contributed by atoms with Crippen LogP contribution < -0.4 is 4.90 Å². The minimum atomic E-state index is 0.123. The number of aromatic nitrogens is 1. The lowest BCUT2D eigenvalue weighted by Crippen LogP contribution is -2.49. The first kappa shape index (κ1) is 18.7. The van der Waals surface area contributed by atoms with Crippen molar-refractivity contribution in [3.63, 3.8) is 0 Å². The fraction of sp³-hybridized carbons (Fsp3) is 0.650. The molecule has 0 bridgehead atoms. The number of carbonyl (C=O) groups excluding carboxylic acids is 1. The molecule has 140 valence electrons. The third-order valence-corrected chi connectivity index (χ3v) is 5.68. The molecule has 2 saturated heterocycles. The van der Waals surface area contributed by atoms with E-state index in [0.717, 1.165) is 51.1 Å². The van der Waals surface area contributed by atoms with Crippen molar-refractivity contribution in [2.45, 2.75) is 44.6 Å². The predicted octanol–water partition coefficient (Wildman–Crippen LogP) is 2.59. The average molecular weight is 356 g/mol. The van der Waals surface area contributed by atoms with Crippen LogP contribution in [0.15, 0.2) is 18.3 Å². The Morgan fingerprint density at radius 1 is 1.27 bits per heavy atom. The molecular weight excluding hydrogens is 328 g/mol. The zero-order valence-electron chi connectivity index (χ0n) is 15.6. The van der Waals surface area contributed by atoms with Gasteiger partial charge in [0, 0.05) is 39.0 Å². The van der Waals surface area contributed by atoms with Crippen LogP contribution in [0.25, 0.3) is 0 Å². The Hall–Kier alpha value is -2.13. The highest BCUT2D eigenvalue weighted by Crippen LogP contribution is 2.32. The number of anilines is 1. The molecule has 1 amide bonds. The number of methoxy groups -OCH3 is 1. The summed E-state index contributed by atoms with van der Waals surface area (Å²) in [5.41, 5.74) is 0.636. The first-order chi connectivity index (χ1) is 12.7. The smallest absolute Gasteiger partial charge is 0.248 e. The molecule has 1 aromatic heterocycles. The number of nitriles is 1. The van der Waals surface area contributed by atoms with Gasteiger partial charge in [0.1, 0.15) is 18.5 Å². The van der Waals surface area contributed by atoms with Crippen LogP contribution in [0.2, 0.25) is 0 Å². The molecule has 0 aromatic carbocycles. The van der Waals surface area contributed by atoms with Crippen LogP contribution in [0.5, 0.6) is 0 Å². The van der Waals surface area contributed by atoms with E-state index in [1.807, 2.05) is 6.07 Å². The van der Waals surface area contributed by atoms with Crippen molar-refractivity contribution < 1.29 is 9.53 Å². The van der Waals surface area contributed by atoms with Gasteiger partial charge in [-0.2, -0.15) is 5.26 Å². The number of hydrogen-bond donors (Lipinski definition) is 0. The Balaban J connectivity index is 1.67. The molecule has 3 heterocycles. The van der Waals surface area contributed by atoms with Gasteiger partial charge in [-0.05, 0) is 43.7 Å². The van der Waals surface area contributed by atoms with Crippen molar-refractivity contribution in [1.29, 1.82) is 5.26 Å². The maximum absolute atomic E-state index is 12.5. The highest BCUT2D eigenvalue weighted by atomic mass is 16.5. The molecule has 6 nitrogen and oxygen atoms in total. The van der Waals surface area contributed by atoms with Gasteiger partial charge >= 0.3 is 0 Å². The summed E-state index contributed by atoms with van der Waals surface area (Å²) in [6, 6.07) is 6.19. The van der Waals surface area contributed by atoms with Gasteiger partial charge in [-0.15, -0.1) is 0 Å². The molecule has 2 aliphatic heterocycles. The Labute approximate surface area is 155 Å². The lowest BCUT2D eigenvalue weighted by atomic mass is 9.86. The first-order valence-corrected chi connectivity index (χ1v) is 9.63. The van der Waals surface area contributed by atoms with E-state index in [0.29, 0.717) is 17.5 Å². The van der Waals surface area contributed by atoms with E-state index in [1.165, 1.54) is 12.8 Å². The molecule has 3 rings (SSSR count). The van der Waals surface area contributed by atoms with Crippen LogP contribution >= 0.6 is 0 Å². The second kappa shape index (κ2) is 9.00. The number of rotatable bonds is 4. The fourth-order valence-electron chi connectivity index (χ4n) is 4.37. The lowest BCUT2D eigenvalue weighted by Gasteiger charge is -2.41. The number of piperidine rings is 1. The molecule has 6 heteroatoms. The lowest BCUT2D eigenvalue weighted by molar-refractivity contribution is -0.138. The van der Waals surface area contributed by atoms with Gasteiger partial charge in [0.25, 0.3) is 0 Å². The summed E-state index contributed by atoms with van der Waals surface area (Å²) >= 11 is 0. The average Bonchev–Trinajstić information content (AvgIpc) is 2.94. The van der Waals surface area contributed by atoms with Crippen LogP contribution in [0.4, 0.5) is 5.82 Å². The highest BCUT2D eigenvalue weighted by molar-refractivity contribution is 5.77. The molecule has 1 atom stereocenters. The van der Waals surface area contributed by atoms with Crippen LogP contribution in [0.1, 0.15) is 44.1 Å². The van der Waals surface area contributed by atoms with Crippen molar-refractivity contribution in [1.82, 2.24) is 9.88 Å². The van der Waals surface area contributed by atoms with E-state index in [2.05, 4.69) is 20.9 Å². The third-order valence-electron chi connectivity index (χ3n) is 5.68. The van der Waals surface area contributed by atoms with Crippen molar-refractivity contribution in [3.8, 4) is 6.07 Å². The molecule has 1 unspecified atom stereocenters. The zero-order valence-corrected chi connectivity index (χ0v) is 15.6. The van der Waals surface area contributed by atoms with Gasteiger partial charge in [0.2, 0.25) is 5.91 Å². The second-order valence-electron chi connectivity index (χ2n) is 7.25. The molecule has 2 aliphatic rings. The van der Waals surface area contributed by atoms with E-state index in [1.54, 1.807) is 19.4 Å². The van der Waals surface area contributed by atoms with Crippen LogP contribution in [0.3, 0.4) is 0 Å². The molecule has 1 aromatic rings. The molecule has 0 radical (unpaired) electrons. The van der Waals surface area contributed by atoms with E-state index in [-0.39, 0.29) is 12.5 Å². The van der Waals surface area contributed by atoms with Gasteiger partial charge in [0.05, 0.1) is 5.56 Å². The number of carbonyl (C=O) groups is 1. The predicted molar refractivity (Wildman–Crippen MR) is 99.7 cm³/mol. The van der Waals surface area contributed by atoms with E-state index >= 15 is 0 Å². The number of hydrogen-bond acceptors (Lipinski definition) is 5. The van der Waals surface area contributed by atoms with Crippen LogP contribution in [-0.2, 0) is 9.53 Å². The largest absolute Gasteiger partial charge is 0.375 e. The summed E-state index contributed by atoms with van der Waals surface area (Å²) in [7, 11) is 1.59. The summed E-state index contributed by atoms with van der Waals surface area (Å²) in [5, 5.41) is 9.31. The van der Waals surface area contributed by atoms with Gasteiger partial charge in [-0.3, -0.25) is 4.79 Å². The molecule has 26 heavy (non-hydrogen) atoms. The fourth-order valence-corrected chi connectivity index (χ4v) is 4.37. The highest BCUT2D eigenvalue weighted by Gasteiger charge is 2.34. The van der Waals surface area contributed by atoms with E-state index in [9.17, 15) is 10.1 Å². The Kier molecular flexibility index (Phi) is 6.45. The molecule has 0 N–H and O–H groups in total. The zero-order chi connectivity index (χ0) is 18.4. The second-order valence-corrected chi connectivity index (χ2v) is 7.25. The van der Waals surface area contributed by atoms with Crippen molar-refractivity contribution in [3.05, 3.63) is 23.9 Å². The van der Waals surface area contributed by atoms with Gasteiger partial charge in [0.15, 0.2) is 0 Å². The number of likely N-dealkylation sites (tertiary alicyclic amines) is 1. The van der Waals surface area contributed by atoms with Crippen LogP contribution in [-0.4, -0.2) is 55.2 Å². The van der Waals surface area contributed by atoms with E-state index < -0.39 is 0 Å². The monoisotopic (exact) mass is 356 g/mol. The number of nitrogens with zero attached hydrogens (tertiary/aromatic N) is 4. The van der Waals surface area contributed by atoms with Gasteiger partial charge in [-0.1, -0.05) is 12.8 Å². The molecule has 2 fully saturated rings. The number of amides is 1. The quantitative estimate of drug-likeness (QED) is 0.829. The van der Waals surface area contributed by atoms with Crippen molar-refractivity contribution >= 4 is 11.7 Å². The molecule has 0 saturated carbocycles. The van der Waals surface area contributed by atoms with Gasteiger partial charge < -0.3 is 14.5 Å². The summed E-state index contributed by atoms with van der Waals surface area (Å²) < 4.78 is 5.10. The SMILES string of the molecule is COCC(=O)N1CCCCCC1C1CCN(c2ncccc2C#N)CC1. The Morgan fingerprint density at radius 3 is 2.81 bits per heavy atom. The maximum Gasteiger partial charge on any atom is 0.248 e. The minimum absolute atomic E-state index is 0.123. The van der Waals surface area contributed by atoms with Crippen molar-refractivity contribution in [2.24, 2.45) is 5.92 Å². The topological polar surface area (TPSA) is 69.5 Å². The van der Waals surface area contributed by atoms with Gasteiger partial charge in [-0.25, -0.2) is 4.98 Å². The summed E-state index contributed by atoms with van der Waals surface area (Å²) in [5.74, 6) is 1.43. The van der Waals surface area contributed by atoms with Crippen molar-refractivity contribution in [2.75, 3.05) is 38.3 Å². The standard InChI is InChI=1S/C20H28N4O2/c1-26-15-19(25)24-11-4-2-3-7-18(24)16-8-12-23(13-9-16)20-17(14-21)6-5-10-22-20/h5-6,10,16,18H,2-4,7-9,11-13,15H2,1H3. The molecule has 0 spiro atoms. The summed E-state index contributed by atoms with van der Waals surface area (Å²) in [4.78, 5) is 21.2. The normalized spacial score (nSPS) is 21.9. The number of pyridine rings is 1. The number of ether oxygens (including phenoxy) is 1. The summed E-state index contributed by atoms with van der Waals surface area (Å²) in [6.45, 7) is 2.80. The Morgan fingerprint density at radius 2 is 2.08 bits per heavy atom. The third kappa shape index (κ3) is 4.16. The van der Waals surface area contributed by atoms with E-state index in [4.69, 9.17) is 4.74 Å².